The van der Waals surface area contributed by atoms with Gasteiger partial charge >= 0.3 is 0 Å². The summed E-state index contributed by atoms with van der Waals surface area (Å²) in [5.41, 5.74) is 0. The molecule has 4 unspecified atom stereocenters. The minimum absolute atomic E-state index is 0.133. The lowest BCUT2D eigenvalue weighted by molar-refractivity contribution is 0.0244. The van der Waals surface area contributed by atoms with Gasteiger partial charge in [0.15, 0.2) is 0 Å². The van der Waals surface area contributed by atoms with Crippen molar-refractivity contribution in [1.29, 1.82) is 0 Å². The molecule has 1 aliphatic carbocycles. The minimum Gasteiger partial charge on any atom is -0.377 e. The summed E-state index contributed by atoms with van der Waals surface area (Å²) < 4.78 is 29.2. The van der Waals surface area contributed by atoms with Crippen LogP contribution >= 0.6 is 0 Å². The lowest BCUT2D eigenvalue weighted by atomic mass is 9.81. The van der Waals surface area contributed by atoms with E-state index in [0.717, 1.165) is 32.2 Å². The number of ether oxygens (including phenoxy) is 1. The number of likely N-dealkylation sites (N-methyl/N-ethyl adjacent to an activating group) is 1. The van der Waals surface area contributed by atoms with E-state index >= 15 is 0 Å². The average Bonchev–Trinajstić information content (AvgIpc) is 2.35. The van der Waals surface area contributed by atoms with Crippen LogP contribution in [0.2, 0.25) is 0 Å². The van der Waals surface area contributed by atoms with Crippen LogP contribution < -0.4 is 5.32 Å². The number of hydrogen-bond donors (Lipinski definition) is 1. The first-order chi connectivity index (χ1) is 8.90. The minimum atomic E-state index is -2.91. The number of rotatable bonds is 7. The predicted octanol–water partition coefficient (Wildman–Crippen LogP) is 1.99. The summed E-state index contributed by atoms with van der Waals surface area (Å²) in [6.07, 6.45) is 5.19. The molecule has 0 aromatic carbocycles. The molecule has 1 fully saturated rings. The zero-order chi connectivity index (χ0) is 14.5. The molecule has 1 aliphatic rings. The van der Waals surface area contributed by atoms with Crippen LogP contribution in [0.3, 0.4) is 0 Å². The Morgan fingerprint density at radius 3 is 2.53 bits per heavy atom. The Bertz CT molecular complexity index is 356. The van der Waals surface area contributed by atoms with Crippen molar-refractivity contribution < 1.29 is 13.2 Å². The van der Waals surface area contributed by atoms with Gasteiger partial charge in [0, 0.05) is 18.9 Å². The normalized spacial score (nSPS) is 28.0. The van der Waals surface area contributed by atoms with Gasteiger partial charge in [0.2, 0.25) is 0 Å². The summed E-state index contributed by atoms with van der Waals surface area (Å²) in [6.45, 7) is 7.76. The van der Waals surface area contributed by atoms with E-state index in [2.05, 4.69) is 19.2 Å². The van der Waals surface area contributed by atoms with E-state index in [9.17, 15) is 8.42 Å². The van der Waals surface area contributed by atoms with E-state index < -0.39 is 9.84 Å². The third kappa shape index (κ3) is 5.04. The zero-order valence-corrected chi connectivity index (χ0v) is 13.5. The maximum Gasteiger partial charge on any atom is 0.150 e. The molecule has 5 heteroatoms. The smallest absolute Gasteiger partial charge is 0.150 e. The Labute approximate surface area is 118 Å². The van der Waals surface area contributed by atoms with Gasteiger partial charge in [-0.3, -0.25) is 0 Å². The Balaban J connectivity index is 2.73. The molecule has 0 amide bonds. The highest BCUT2D eigenvalue weighted by Gasteiger charge is 2.35. The van der Waals surface area contributed by atoms with E-state index in [0.29, 0.717) is 12.5 Å². The third-order valence-electron chi connectivity index (χ3n) is 4.16. The van der Waals surface area contributed by atoms with Crippen molar-refractivity contribution in [3.63, 3.8) is 0 Å². The maximum absolute atomic E-state index is 11.8. The molecule has 0 aliphatic heterocycles. The van der Waals surface area contributed by atoms with Crippen LogP contribution in [0.1, 0.15) is 46.5 Å². The van der Waals surface area contributed by atoms with Crippen LogP contribution in [0, 0.1) is 5.92 Å². The van der Waals surface area contributed by atoms with E-state index in [1.54, 1.807) is 0 Å². The van der Waals surface area contributed by atoms with Crippen LogP contribution in [0.25, 0.3) is 0 Å². The second-order valence-corrected chi connectivity index (χ2v) is 7.95. The molecular formula is C14H29NO3S. The summed E-state index contributed by atoms with van der Waals surface area (Å²) >= 11 is 0. The fraction of sp³-hybridized carbons (Fsp3) is 1.00. The van der Waals surface area contributed by atoms with Crippen molar-refractivity contribution in [2.24, 2.45) is 5.92 Å². The Hall–Kier alpha value is -0.130. The Kier molecular flexibility index (Phi) is 6.77. The van der Waals surface area contributed by atoms with E-state index in [1.807, 2.05) is 6.92 Å². The average molecular weight is 291 g/mol. The number of sulfone groups is 1. The molecule has 0 spiro atoms. The molecule has 0 radical (unpaired) electrons. The second kappa shape index (κ2) is 7.60. The molecule has 19 heavy (non-hydrogen) atoms. The van der Waals surface area contributed by atoms with Crippen molar-refractivity contribution in [3.05, 3.63) is 0 Å². The highest BCUT2D eigenvalue weighted by Crippen LogP contribution is 2.32. The lowest BCUT2D eigenvalue weighted by Crippen LogP contribution is -2.48. The molecule has 0 aromatic heterocycles. The van der Waals surface area contributed by atoms with Gasteiger partial charge in [-0.25, -0.2) is 8.42 Å². The largest absolute Gasteiger partial charge is 0.377 e. The van der Waals surface area contributed by atoms with Gasteiger partial charge in [-0.1, -0.05) is 13.3 Å². The van der Waals surface area contributed by atoms with E-state index in [1.165, 1.54) is 6.26 Å². The molecule has 4 nitrogen and oxygen atoms in total. The monoisotopic (exact) mass is 291 g/mol. The van der Waals surface area contributed by atoms with Gasteiger partial charge in [0.1, 0.15) is 9.84 Å². The van der Waals surface area contributed by atoms with Crippen molar-refractivity contribution in [2.45, 2.75) is 63.9 Å². The summed E-state index contributed by atoms with van der Waals surface area (Å²) in [7, 11) is -2.91. The standard InChI is InChI=1S/C14H29NO3S/c1-5-15-14(11(3)18-6-2)12-8-7-9-13(10-12)19(4,16)17/h11-15H,5-10H2,1-4H3. The first-order valence-electron chi connectivity index (χ1n) is 7.44. The first-order valence-corrected chi connectivity index (χ1v) is 9.39. The van der Waals surface area contributed by atoms with Crippen molar-refractivity contribution >= 4 is 9.84 Å². The SMILES string of the molecule is CCNC(C1CCCC(S(C)(=O)=O)C1)C(C)OCC. The van der Waals surface area contributed by atoms with E-state index in [4.69, 9.17) is 4.74 Å². The number of hydrogen-bond acceptors (Lipinski definition) is 4. The van der Waals surface area contributed by atoms with Gasteiger partial charge in [0.05, 0.1) is 11.4 Å². The van der Waals surface area contributed by atoms with Crippen molar-refractivity contribution in [3.8, 4) is 0 Å². The zero-order valence-electron chi connectivity index (χ0n) is 12.7. The molecule has 0 aromatic rings. The Morgan fingerprint density at radius 2 is 2.00 bits per heavy atom. The van der Waals surface area contributed by atoms with Crippen LogP contribution in [0.4, 0.5) is 0 Å². The Morgan fingerprint density at radius 1 is 1.32 bits per heavy atom. The summed E-state index contributed by atoms with van der Waals surface area (Å²) in [5.74, 6) is 0.398. The van der Waals surface area contributed by atoms with E-state index in [-0.39, 0.29) is 17.4 Å². The summed E-state index contributed by atoms with van der Waals surface area (Å²) in [5, 5.41) is 3.32. The molecule has 114 valence electrons. The van der Waals surface area contributed by atoms with Gasteiger partial charge in [-0.05, 0) is 45.6 Å². The molecule has 4 atom stereocenters. The van der Waals surface area contributed by atoms with Crippen LogP contribution in [0.5, 0.6) is 0 Å². The van der Waals surface area contributed by atoms with Gasteiger partial charge in [0.25, 0.3) is 0 Å². The predicted molar refractivity (Wildman–Crippen MR) is 79.1 cm³/mol. The third-order valence-corrected chi connectivity index (χ3v) is 5.79. The van der Waals surface area contributed by atoms with Gasteiger partial charge in [-0.15, -0.1) is 0 Å². The summed E-state index contributed by atoms with van der Waals surface area (Å²) in [6, 6.07) is 0.259. The van der Waals surface area contributed by atoms with Crippen LogP contribution in [-0.4, -0.2) is 45.2 Å². The molecular weight excluding hydrogens is 262 g/mol. The highest BCUT2D eigenvalue weighted by atomic mass is 32.2. The number of nitrogens with one attached hydrogen (secondary N) is 1. The van der Waals surface area contributed by atoms with Crippen LogP contribution in [-0.2, 0) is 14.6 Å². The first kappa shape index (κ1) is 16.9. The summed E-state index contributed by atoms with van der Waals surface area (Å²) in [4.78, 5) is 0. The molecule has 1 saturated carbocycles. The molecule has 0 saturated heterocycles. The topological polar surface area (TPSA) is 55.4 Å². The molecule has 1 rings (SSSR count). The van der Waals surface area contributed by atoms with Crippen LogP contribution in [0.15, 0.2) is 0 Å². The maximum atomic E-state index is 11.8. The second-order valence-electron chi connectivity index (χ2n) is 5.62. The quantitative estimate of drug-likeness (QED) is 0.779. The molecule has 0 bridgehead atoms. The highest BCUT2D eigenvalue weighted by molar-refractivity contribution is 7.91. The fourth-order valence-corrected chi connectivity index (χ4v) is 4.41. The van der Waals surface area contributed by atoms with Gasteiger partial charge in [-0.2, -0.15) is 0 Å². The van der Waals surface area contributed by atoms with Crippen molar-refractivity contribution in [2.75, 3.05) is 19.4 Å². The fourth-order valence-electron chi connectivity index (χ4n) is 3.21. The molecule has 1 N–H and O–H groups in total. The molecule has 0 heterocycles. The lowest BCUT2D eigenvalue weighted by Gasteiger charge is -2.37. The van der Waals surface area contributed by atoms with Crippen molar-refractivity contribution in [1.82, 2.24) is 5.32 Å². The van der Waals surface area contributed by atoms with Gasteiger partial charge < -0.3 is 10.1 Å².